The molecule has 2 aromatic carbocycles. The first-order valence-corrected chi connectivity index (χ1v) is 8.94. The number of rotatable bonds is 6. The average Bonchev–Trinajstić information content (AvgIpc) is 3.07. The third kappa shape index (κ3) is 4.16. The van der Waals surface area contributed by atoms with Gasteiger partial charge in [0, 0.05) is 11.8 Å². The Labute approximate surface area is 149 Å². The highest BCUT2D eigenvalue weighted by Gasteiger charge is 2.36. The van der Waals surface area contributed by atoms with Crippen LogP contribution in [-0.2, 0) is 16.0 Å². The summed E-state index contributed by atoms with van der Waals surface area (Å²) >= 11 is 0. The molecular weight excluding hydrogens is 310 g/mol. The molecule has 3 heteroatoms. The van der Waals surface area contributed by atoms with Gasteiger partial charge in [-0.2, -0.15) is 0 Å². The predicted octanol–water partition coefficient (Wildman–Crippen LogP) is 4.16. The zero-order valence-corrected chi connectivity index (χ0v) is 14.9. The van der Waals surface area contributed by atoms with Crippen molar-refractivity contribution in [3.05, 3.63) is 60.2 Å². The topological polar surface area (TPSA) is 46.2 Å². The van der Waals surface area contributed by atoms with Crippen molar-refractivity contribution in [3.63, 3.8) is 0 Å². The number of carbonyl (C=O) groups excluding carboxylic acids is 2. The minimum atomic E-state index is -0.430. The monoisotopic (exact) mass is 335 g/mol. The molecule has 1 fully saturated rings. The van der Waals surface area contributed by atoms with Crippen LogP contribution in [0.1, 0.15) is 38.7 Å². The zero-order chi connectivity index (χ0) is 17.9. The summed E-state index contributed by atoms with van der Waals surface area (Å²) in [6.07, 6.45) is 2.73. The zero-order valence-electron chi connectivity index (χ0n) is 14.9. The van der Waals surface area contributed by atoms with Crippen molar-refractivity contribution >= 4 is 11.7 Å². The first kappa shape index (κ1) is 17.4. The number of aryl methyl sites for hydroxylation is 1. The number of benzene rings is 2. The summed E-state index contributed by atoms with van der Waals surface area (Å²) in [5.74, 6) is 0.143. The molecule has 0 saturated carbocycles. The van der Waals surface area contributed by atoms with Crippen LogP contribution in [-0.4, -0.2) is 17.7 Å². The summed E-state index contributed by atoms with van der Waals surface area (Å²) in [5.41, 5.74) is 3.21. The first-order valence-electron chi connectivity index (χ1n) is 8.94. The molecule has 0 aliphatic carbocycles. The van der Waals surface area contributed by atoms with Crippen LogP contribution in [0, 0.1) is 5.41 Å². The third-order valence-electron chi connectivity index (χ3n) is 5.08. The van der Waals surface area contributed by atoms with Gasteiger partial charge in [0.2, 0.25) is 5.91 Å². The van der Waals surface area contributed by atoms with Gasteiger partial charge >= 0.3 is 0 Å². The molecule has 0 aromatic heterocycles. The molecule has 130 valence electrons. The van der Waals surface area contributed by atoms with Gasteiger partial charge in [-0.15, -0.1) is 0 Å². The van der Waals surface area contributed by atoms with Gasteiger partial charge in [-0.05, 0) is 36.0 Å². The smallest absolute Gasteiger partial charge is 0.220 e. The lowest BCUT2D eigenvalue weighted by Crippen LogP contribution is -2.41. The molecule has 3 rings (SSSR count). The Bertz CT molecular complexity index is 747. The molecule has 1 aliphatic heterocycles. The number of hydrogen-bond acceptors (Lipinski definition) is 2. The summed E-state index contributed by atoms with van der Waals surface area (Å²) in [7, 11) is 0. The fraction of sp³-hybridized carbons (Fsp3) is 0.364. The van der Waals surface area contributed by atoms with Gasteiger partial charge in [0.05, 0.1) is 6.04 Å². The van der Waals surface area contributed by atoms with Crippen molar-refractivity contribution in [2.45, 2.75) is 45.6 Å². The molecule has 25 heavy (non-hydrogen) atoms. The maximum atomic E-state index is 12.7. The molecule has 1 N–H and O–H groups in total. The Balaban J connectivity index is 1.61. The van der Waals surface area contributed by atoms with Crippen LogP contribution in [0.15, 0.2) is 54.6 Å². The van der Waals surface area contributed by atoms with Crippen molar-refractivity contribution in [2.24, 2.45) is 5.41 Å². The molecule has 3 nitrogen and oxygen atoms in total. The van der Waals surface area contributed by atoms with Crippen molar-refractivity contribution in [3.8, 4) is 11.1 Å². The Morgan fingerprint density at radius 2 is 1.68 bits per heavy atom. The van der Waals surface area contributed by atoms with Crippen molar-refractivity contribution < 1.29 is 9.59 Å². The summed E-state index contributed by atoms with van der Waals surface area (Å²) < 4.78 is 0. The van der Waals surface area contributed by atoms with E-state index in [0.717, 1.165) is 12.8 Å². The SMILES string of the molecule is CC(C)(CCc1ccc(-c2ccccc2)cc1)C(=O)[C@@H]1CCC(=O)N1. The van der Waals surface area contributed by atoms with E-state index in [1.165, 1.54) is 16.7 Å². The number of carbonyl (C=O) groups is 2. The standard InChI is InChI=1S/C22H25NO2/c1-22(2,21(25)19-12-13-20(24)23-19)15-14-16-8-10-18(11-9-16)17-6-4-3-5-7-17/h3-11,19H,12-15H2,1-2H3,(H,23,24)/t19-/m0/s1. The normalized spacial score (nSPS) is 17.4. The lowest BCUT2D eigenvalue weighted by Gasteiger charge is -2.26. The number of ketones is 1. The minimum Gasteiger partial charge on any atom is -0.346 e. The van der Waals surface area contributed by atoms with E-state index >= 15 is 0 Å². The van der Waals surface area contributed by atoms with Gasteiger partial charge in [0.1, 0.15) is 0 Å². The summed E-state index contributed by atoms with van der Waals surface area (Å²) in [6.45, 7) is 3.97. The van der Waals surface area contributed by atoms with Gasteiger partial charge < -0.3 is 5.32 Å². The van der Waals surface area contributed by atoms with Crippen LogP contribution < -0.4 is 5.32 Å². The van der Waals surface area contributed by atoms with Crippen LogP contribution in [0.3, 0.4) is 0 Å². The van der Waals surface area contributed by atoms with Gasteiger partial charge in [0.15, 0.2) is 5.78 Å². The highest BCUT2D eigenvalue weighted by atomic mass is 16.2. The van der Waals surface area contributed by atoms with E-state index in [2.05, 4.69) is 41.7 Å². The van der Waals surface area contributed by atoms with E-state index < -0.39 is 5.41 Å². The Kier molecular flexibility index (Phi) is 5.03. The molecule has 1 atom stereocenters. The van der Waals surface area contributed by atoms with E-state index in [1.807, 2.05) is 32.0 Å². The molecule has 0 spiro atoms. The van der Waals surface area contributed by atoms with Crippen LogP contribution >= 0.6 is 0 Å². The number of amides is 1. The molecule has 0 radical (unpaired) electrons. The van der Waals surface area contributed by atoms with Gasteiger partial charge in [-0.3, -0.25) is 9.59 Å². The van der Waals surface area contributed by atoms with E-state index in [9.17, 15) is 9.59 Å². The number of hydrogen-bond donors (Lipinski definition) is 1. The lowest BCUT2D eigenvalue weighted by atomic mass is 9.79. The average molecular weight is 335 g/mol. The van der Waals surface area contributed by atoms with Gasteiger partial charge in [0.25, 0.3) is 0 Å². The summed E-state index contributed by atoms with van der Waals surface area (Å²) in [4.78, 5) is 24.0. The molecule has 0 bridgehead atoms. The minimum absolute atomic E-state index is 0.00866. The lowest BCUT2D eigenvalue weighted by molar-refractivity contribution is -0.130. The number of Topliss-reactive ketones (excluding diaryl/α,β-unsaturated/α-hetero) is 1. The van der Waals surface area contributed by atoms with Crippen LogP contribution in [0.25, 0.3) is 11.1 Å². The third-order valence-corrected chi connectivity index (χ3v) is 5.08. The van der Waals surface area contributed by atoms with Crippen molar-refractivity contribution in [2.75, 3.05) is 0 Å². The molecular formula is C22H25NO2. The fourth-order valence-electron chi connectivity index (χ4n) is 3.36. The molecule has 1 heterocycles. The Morgan fingerprint density at radius 1 is 1.04 bits per heavy atom. The maximum Gasteiger partial charge on any atom is 0.220 e. The second kappa shape index (κ2) is 7.22. The highest BCUT2D eigenvalue weighted by Crippen LogP contribution is 2.28. The predicted molar refractivity (Wildman–Crippen MR) is 100 cm³/mol. The van der Waals surface area contributed by atoms with Crippen LogP contribution in [0.4, 0.5) is 0 Å². The molecule has 1 amide bonds. The number of nitrogens with one attached hydrogen (secondary N) is 1. The van der Waals surface area contributed by atoms with Crippen molar-refractivity contribution in [1.29, 1.82) is 0 Å². The maximum absolute atomic E-state index is 12.7. The highest BCUT2D eigenvalue weighted by molar-refractivity contribution is 5.95. The largest absolute Gasteiger partial charge is 0.346 e. The van der Waals surface area contributed by atoms with Gasteiger partial charge in [-0.1, -0.05) is 68.4 Å². The molecule has 0 unspecified atom stereocenters. The Morgan fingerprint density at radius 3 is 2.28 bits per heavy atom. The van der Waals surface area contributed by atoms with Crippen molar-refractivity contribution in [1.82, 2.24) is 5.32 Å². The molecule has 2 aromatic rings. The quantitative estimate of drug-likeness (QED) is 0.861. The molecule has 1 saturated heterocycles. The second-order valence-electron chi connectivity index (χ2n) is 7.47. The Hall–Kier alpha value is -2.42. The molecule has 1 aliphatic rings. The van der Waals surface area contributed by atoms with Crippen LogP contribution in [0.2, 0.25) is 0 Å². The van der Waals surface area contributed by atoms with E-state index in [0.29, 0.717) is 12.8 Å². The fourth-order valence-corrected chi connectivity index (χ4v) is 3.36. The summed E-state index contributed by atoms with van der Waals surface area (Å²) in [5, 5.41) is 2.80. The second-order valence-corrected chi connectivity index (χ2v) is 7.47. The van der Waals surface area contributed by atoms with E-state index in [4.69, 9.17) is 0 Å². The van der Waals surface area contributed by atoms with E-state index in [-0.39, 0.29) is 17.7 Å². The van der Waals surface area contributed by atoms with Crippen LogP contribution in [0.5, 0.6) is 0 Å². The summed E-state index contributed by atoms with van der Waals surface area (Å²) in [6, 6.07) is 18.6. The van der Waals surface area contributed by atoms with Gasteiger partial charge in [-0.25, -0.2) is 0 Å². The first-order chi connectivity index (χ1) is 12.0. The van der Waals surface area contributed by atoms with E-state index in [1.54, 1.807) is 0 Å².